The number of carbonyl (C=O) groups excluding carboxylic acids is 2. The number of pyridine rings is 1. The van der Waals surface area contributed by atoms with Crippen molar-refractivity contribution >= 4 is 49.9 Å². The van der Waals surface area contributed by atoms with Crippen LogP contribution in [-0.2, 0) is 14.8 Å². The number of hydrogen-bond donors (Lipinski definition) is 4. The quantitative estimate of drug-likeness (QED) is 0.0746. The molecule has 1 aliphatic carbocycles. The number of amides is 2. The van der Waals surface area contributed by atoms with Crippen molar-refractivity contribution < 1.29 is 41.9 Å². The highest BCUT2D eigenvalue weighted by molar-refractivity contribution is 7.90. The van der Waals surface area contributed by atoms with Crippen LogP contribution in [0.2, 0.25) is 0 Å². The van der Waals surface area contributed by atoms with Crippen LogP contribution in [0.25, 0.3) is 11.0 Å². The molecule has 0 radical (unpaired) electrons. The van der Waals surface area contributed by atoms with Gasteiger partial charge in [0.2, 0.25) is 5.91 Å². The van der Waals surface area contributed by atoms with Crippen LogP contribution in [-0.4, -0.2) is 119 Å². The fourth-order valence-electron chi connectivity index (χ4n) is 11.3. The van der Waals surface area contributed by atoms with E-state index in [1.54, 1.807) is 26.0 Å². The number of aromatic nitrogens is 2. The van der Waals surface area contributed by atoms with Gasteiger partial charge in [-0.05, 0) is 86.6 Å². The minimum atomic E-state index is -4.74. The summed E-state index contributed by atoms with van der Waals surface area (Å²) in [6, 6.07) is 16.6. The molecular formula is C51H60FN9O9S. The third kappa shape index (κ3) is 9.61. The first-order chi connectivity index (χ1) is 33.9. The molecule has 71 heavy (non-hydrogen) atoms. The predicted octanol–water partition coefficient (Wildman–Crippen LogP) is 7.48. The molecule has 4 N–H and O–H groups in total. The highest BCUT2D eigenvalue weighted by Gasteiger charge is 2.49. The van der Waals surface area contributed by atoms with Gasteiger partial charge >= 0.3 is 0 Å². The minimum Gasteiger partial charge on any atom is -0.489 e. The molecule has 6 heterocycles. The zero-order valence-electron chi connectivity index (χ0n) is 40.3. The Morgan fingerprint density at radius 3 is 2.49 bits per heavy atom. The minimum absolute atomic E-state index is 0.0148. The summed E-state index contributed by atoms with van der Waals surface area (Å²) in [5, 5.41) is 31.2. The second-order valence-corrected chi connectivity index (χ2v) is 22.3. The number of piperidine rings is 1. The van der Waals surface area contributed by atoms with Crippen molar-refractivity contribution in [3.05, 3.63) is 106 Å². The Morgan fingerprint density at radius 1 is 1.03 bits per heavy atom. The van der Waals surface area contributed by atoms with Gasteiger partial charge in [0.25, 0.3) is 21.6 Å². The number of nitrogens with zero attached hydrogens (tertiary/aromatic N) is 6. The number of aromatic amines is 1. The lowest BCUT2D eigenvalue weighted by Crippen LogP contribution is -2.68. The van der Waals surface area contributed by atoms with Gasteiger partial charge in [-0.2, -0.15) is 0 Å². The maximum atomic E-state index is 14.7. The molecule has 0 bridgehead atoms. The smallest absolute Gasteiger partial charge is 0.297 e. The van der Waals surface area contributed by atoms with Crippen LogP contribution in [0.3, 0.4) is 0 Å². The number of fused-ring (bicyclic) bond motifs is 2. The van der Waals surface area contributed by atoms with Gasteiger partial charge in [0.05, 0.1) is 44.7 Å². The molecule has 1 saturated carbocycles. The maximum absolute atomic E-state index is 14.7. The molecule has 5 aromatic rings. The summed E-state index contributed by atoms with van der Waals surface area (Å²) in [5.41, 5.74) is 2.22. The largest absolute Gasteiger partial charge is 0.489 e. The lowest BCUT2D eigenvalue weighted by molar-refractivity contribution is -0.384. The molecule has 2 amide bonds. The number of nitrogens with one attached hydrogen (secondary N) is 3. The Kier molecular flexibility index (Phi) is 12.7. The summed E-state index contributed by atoms with van der Waals surface area (Å²) in [4.78, 5) is 49.1. The van der Waals surface area contributed by atoms with Crippen molar-refractivity contribution in [3.8, 4) is 17.2 Å². The van der Waals surface area contributed by atoms with E-state index in [9.17, 15) is 37.6 Å². The molecule has 4 fully saturated rings. The molecule has 376 valence electrons. The third-order valence-electron chi connectivity index (χ3n) is 15.5. The van der Waals surface area contributed by atoms with Crippen LogP contribution in [0.1, 0.15) is 99.7 Å². The van der Waals surface area contributed by atoms with E-state index in [-0.39, 0.29) is 75.5 Å². The van der Waals surface area contributed by atoms with Crippen molar-refractivity contribution in [3.63, 3.8) is 0 Å². The van der Waals surface area contributed by atoms with E-state index < -0.39 is 42.9 Å². The molecule has 3 saturated heterocycles. The second-order valence-electron chi connectivity index (χ2n) is 20.6. The predicted molar refractivity (Wildman–Crippen MR) is 263 cm³/mol. The van der Waals surface area contributed by atoms with Crippen LogP contribution in [0.4, 0.5) is 21.5 Å². The number of aliphatic hydroxyl groups is 1. The number of H-pyrrole nitrogens is 1. The van der Waals surface area contributed by atoms with Gasteiger partial charge in [-0.15, -0.1) is 0 Å². The fourth-order valence-corrected chi connectivity index (χ4v) is 12.3. The van der Waals surface area contributed by atoms with E-state index in [2.05, 4.69) is 73.0 Å². The number of rotatable bonds is 11. The highest BCUT2D eigenvalue weighted by atomic mass is 32.2. The number of sulfonamides is 1. The molecule has 1 spiro atoms. The number of benzene rings is 3. The molecule has 3 aromatic carbocycles. The van der Waals surface area contributed by atoms with Crippen molar-refractivity contribution in [1.82, 2.24) is 29.6 Å². The zero-order chi connectivity index (χ0) is 50.0. The van der Waals surface area contributed by atoms with Crippen molar-refractivity contribution in [2.24, 2.45) is 11.3 Å². The lowest BCUT2D eigenvalue weighted by atomic mass is 9.72. The van der Waals surface area contributed by atoms with Crippen LogP contribution in [0.15, 0.2) is 78.0 Å². The molecule has 4 aliphatic heterocycles. The molecule has 2 aromatic heterocycles. The molecule has 5 aliphatic rings. The first-order valence-corrected chi connectivity index (χ1v) is 25.9. The summed E-state index contributed by atoms with van der Waals surface area (Å²) >= 11 is 0. The average Bonchev–Trinajstić information content (AvgIpc) is 3.71. The number of anilines is 2. The van der Waals surface area contributed by atoms with Gasteiger partial charge < -0.3 is 34.7 Å². The third-order valence-corrected chi connectivity index (χ3v) is 16.8. The molecular weight excluding hydrogens is 934 g/mol. The average molecular weight is 994 g/mol. The van der Waals surface area contributed by atoms with Gasteiger partial charge in [-0.25, -0.2) is 32.5 Å². The molecule has 18 nitrogen and oxygen atoms in total. The highest BCUT2D eigenvalue weighted by Crippen LogP contribution is 2.47. The van der Waals surface area contributed by atoms with Crippen molar-refractivity contribution in [2.45, 2.75) is 94.7 Å². The van der Waals surface area contributed by atoms with E-state index in [0.29, 0.717) is 57.8 Å². The molecule has 20 heteroatoms. The summed E-state index contributed by atoms with van der Waals surface area (Å²) in [6.07, 6.45) is 6.85. The number of halogens is 1. The summed E-state index contributed by atoms with van der Waals surface area (Å²) < 4.78 is 57.0. The number of hydrogen-bond acceptors (Lipinski definition) is 14. The van der Waals surface area contributed by atoms with E-state index in [4.69, 9.17) is 9.47 Å². The zero-order valence-corrected chi connectivity index (χ0v) is 41.1. The Bertz CT molecular complexity index is 2990. The van der Waals surface area contributed by atoms with Crippen molar-refractivity contribution in [1.29, 1.82) is 0 Å². The maximum Gasteiger partial charge on any atom is 0.297 e. The second kappa shape index (κ2) is 18.7. The molecule has 10 rings (SSSR count). The number of nitro groups is 1. The van der Waals surface area contributed by atoms with Gasteiger partial charge in [0.1, 0.15) is 29.6 Å². The van der Waals surface area contributed by atoms with Gasteiger partial charge in [0.15, 0.2) is 11.4 Å². The van der Waals surface area contributed by atoms with E-state index in [1.165, 1.54) is 35.7 Å². The SMILES string of the molecule is CC(=O)N1CCN(N2CC3(CCN(c4ccc(C(=O)NS(=O)(=O)c5cc6c(c([N+](=O)[O-])c5)N[C@@H]([C@H]5CC[C@](C)(O)CC5)CO6)c(Oc5cnc6[nH]cc(F)c6c5)c4)CC3)C2)[C@H](c2ccccc2C(C)C)C1. The topological polar surface area (TPSA) is 216 Å². The van der Waals surface area contributed by atoms with Crippen LogP contribution < -0.4 is 24.4 Å². The fraction of sp³-hybridized carbons (Fsp3) is 0.471. The summed E-state index contributed by atoms with van der Waals surface area (Å²) in [5.74, 6) is -1.08. The Balaban J connectivity index is 0.865. The monoisotopic (exact) mass is 993 g/mol. The van der Waals surface area contributed by atoms with Crippen LogP contribution in [0, 0.1) is 27.3 Å². The Morgan fingerprint density at radius 2 is 1.77 bits per heavy atom. The van der Waals surface area contributed by atoms with Crippen LogP contribution >= 0.6 is 0 Å². The summed E-state index contributed by atoms with van der Waals surface area (Å²) in [6.45, 7) is 13.2. The number of hydrazine groups is 1. The first kappa shape index (κ1) is 48.3. The number of carbonyl (C=O) groups is 2. The molecule has 2 atom stereocenters. The van der Waals surface area contributed by atoms with Gasteiger partial charge in [-0.1, -0.05) is 38.1 Å². The van der Waals surface area contributed by atoms with Crippen molar-refractivity contribution in [2.75, 3.05) is 62.6 Å². The van der Waals surface area contributed by atoms with E-state index >= 15 is 0 Å². The first-order valence-electron chi connectivity index (χ1n) is 24.4. The number of piperazine rings is 1. The Hall–Kier alpha value is -6.35. The molecule has 0 unspecified atom stereocenters. The standard InChI is InChI=1S/C51H60FN9O9S/c1-31(2)37-7-5-6-8-38(37)44-27-58(32(3)62)19-20-60(44)59-29-51(30-59)15-17-57(18-16-51)34-9-10-39(45(21-34)70-35-22-40-41(52)26-54-48(40)53-25-35)49(63)56-71(67,68)36-23-43(61(65)66)47-46(24-36)69-28-42(55-47)33-11-13-50(4,64)14-12-33/h5-10,21-26,31,33,42,44,55,64H,11-20,27-30H2,1-4H3,(H,53,54)(H,56,63)/t33-,42-,44+,50-/m1/s1. The normalized spacial score (nSPS) is 23.7. The van der Waals surface area contributed by atoms with E-state index in [1.807, 2.05) is 4.90 Å². The van der Waals surface area contributed by atoms with E-state index in [0.717, 1.165) is 50.3 Å². The summed E-state index contributed by atoms with van der Waals surface area (Å²) in [7, 11) is -4.74. The number of ether oxygens (including phenoxy) is 2. The number of nitro benzene ring substituents is 1. The Labute approximate surface area is 411 Å². The van der Waals surface area contributed by atoms with Gasteiger partial charge in [-0.3, -0.25) is 19.7 Å². The lowest BCUT2D eigenvalue weighted by Gasteiger charge is -2.60. The van der Waals surface area contributed by atoms with Gasteiger partial charge in [0, 0.05) is 88.2 Å². The van der Waals surface area contributed by atoms with Crippen LogP contribution in [0.5, 0.6) is 17.2 Å².